The fraction of sp³-hybridized carbons (Fsp3) is 0.188. The molecule has 2 aromatic rings. The van der Waals surface area contributed by atoms with Gasteiger partial charge in [0.05, 0.1) is 17.6 Å². The third-order valence-corrected chi connectivity index (χ3v) is 3.22. The van der Waals surface area contributed by atoms with Crippen molar-refractivity contribution in [2.45, 2.75) is 13.5 Å². The van der Waals surface area contributed by atoms with Gasteiger partial charge in [-0.1, -0.05) is 29.8 Å². The van der Waals surface area contributed by atoms with Gasteiger partial charge in [0, 0.05) is 12.6 Å². The van der Waals surface area contributed by atoms with Gasteiger partial charge in [-0.15, -0.1) is 0 Å². The molecule has 0 aliphatic carbocycles. The highest BCUT2D eigenvalue weighted by atomic mass is 16.6. The lowest BCUT2D eigenvalue weighted by Crippen LogP contribution is -2.06. The Morgan fingerprint density at radius 1 is 1.23 bits per heavy atom. The van der Waals surface area contributed by atoms with Crippen LogP contribution in [-0.4, -0.2) is 18.0 Å². The summed E-state index contributed by atoms with van der Waals surface area (Å²) in [4.78, 5) is 22.1. The van der Waals surface area contributed by atoms with Crippen molar-refractivity contribution >= 4 is 17.3 Å². The molecule has 0 unspecified atom stereocenters. The van der Waals surface area contributed by atoms with Crippen LogP contribution in [0.1, 0.15) is 21.5 Å². The molecular weight excluding hydrogens is 284 g/mol. The molecule has 0 amide bonds. The van der Waals surface area contributed by atoms with Crippen molar-refractivity contribution in [2.24, 2.45) is 0 Å². The number of hydrogen-bond acceptors (Lipinski definition) is 5. The van der Waals surface area contributed by atoms with Crippen LogP contribution in [0.25, 0.3) is 0 Å². The monoisotopic (exact) mass is 300 g/mol. The Kier molecular flexibility index (Phi) is 4.73. The summed E-state index contributed by atoms with van der Waals surface area (Å²) in [6, 6.07) is 11.9. The van der Waals surface area contributed by atoms with E-state index in [9.17, 15) is 14.9 Å². The van der Waals surface area contributed by atoms with E-state index in [2.05, 4.69) is 10.1 Å². The van der Waals surface area contributed by atoms with Crippen molar-refractivity contribution < 1.29 is 14.5 Å². The SMILES string of the molecule is COC(=O)c1ccc([N+](=O)[O-])c(NCc2ccc(C)cc2)c1. The number of methoxy groups -OCH3 is 1. The number of nitro groups is 1. The standard InChI is InChI=1S/C16H16N2O4/c1-11-3-5-12(6-4-11)10-17-14-9-13(16(19)22-2)7-8-15(14)18(20)21/h3-9,17H,10H2,1-2H3. The van der Waals surface area contributed by atoms with Gasteiger partial charge in [0.15, 0.2) is 0 Å². The van der Waals surface area contributed by atoms with Crippen LogP contribution in [0.2, 0.25) is 0 Å². The number of benzene rings is 2. The minimum atomic E-state index is -0.534. The van der Waals surface area contributed by atoms with Crippen molar-refractivity contribution in [1.29, 1.82) is 0 Å². The van der Waals surface area contributed by atoms with Gasteiger partial charge in [0.2, 0.25) is 0 Å². The van der Waals surface area contributed by atoms with Crippen LogP contribution in [0.4, 0.5) is 11.4 Å². The lowest BCUT2D eigenvalue weighted by molar-refractivity contribution is -0.384. The second-order valence-electron chi connectivity index (χ2n) is 4.82. The maximum atomic E-state index is 11.5. The summed E-state index contributed by atoms with van der Waals surface area (Å²) in [5, 5.41) is 14.1. The zero-order valence-corrected chi connectivity index (χ0v) is 12.3. The molecule has 114 valence electrons. The third-order valence-electron chi connectivity index (χ3n) is 3.22. The summed E-state index contributed by atoms with van der Waals surface area (Å²) < 4.78 is 4.63. The number of carbonyl (C=O) groups is 1. The quantitative estimate of drug-likeness (QED) is 0.520. The number of esters is 1. The molecule has 0 aliphatic heterocycles. The van der Waals surface area contributed by atoms with Crippen LogP contribution >= 0.6 is 0 Å². The van der Waals surface area contributed by atoms with Crippen LogP contribution in [-0.2, 0) is 11.3 Å². The van der Waals surface area contributed by atoms with Gasteiger partial charge in [-0.3, -0.25) is 10.1 Å². The number of ether oxygens (including phenoxy) is 1. The molecule has 0 atom stereocenters. The summed E-state index contributed by atoms with van der Waals surface area (Å²) in [7, 11) is 1.27. The van der Waals surface area contributed by atoms with E-state index in [4.69, 9.17) is 0 Å². The van der Waals surface area contributed by atoms with E-state index in [1.54, 1.807) is 0 Å². The number of nitrogens with zero attached hydrogens (tertiary/aromatic N) is 1. The van der Waals surface area contributed by atoms with Gasteiger partial charge in [0.25, 0.3) is 5.69 Å². The van der Waals surface area contributed by atoms with Gasteiger partial charge in [-0.25, -0.2) is 4.79 Å². The molecule has 0 saturated heterocycles. The Morgan fingerprint density at radius 2 is 1.91 bits per heavy atom. The molecular formula is C16H16N2O4. The van der Waals surface area contributed by atoms with Gasteiger partial charge < -0.3 is 10.1 Å². The van der Waals surface area contributed by atoms with Gasteiger partial charge in [-0.2, -0.15) is 0 Å². The Balaban J connectivity index is 2.24. The topological polar surface area (TPSA) is 81.5 Å². The highest BCUT2D eigenvalue weighted by Crippen LogP contribution is 2.26. The first-order chi connectivity index (χ1) is 10.5. The van der Waals surface area contributed by atoms with Crippen LogP contribution in [0.3, 0.4) is 0 Å². The molecule has 0 aromatic heterocycles. The first-order valence-electron chi connectivity index (χ1n) is 6.67. The zero-order chi connectivity index (χ0) is 16.1. The Labute approximate surface area is 127 Å². The fourth-order valence-electron chi connectivity index (χ4n) is 1.98. The number of nitrogens with one attached hydrogen (secondary N) is 1. The van der Waals surface area contributed by atoms with Gasteiger partial charge >= 0.3 is 5.97 Å². The van der Waals surface area contributed by atoms with Crippen molar-refractivity contribution in [3.63, 3.8) is 0 Å². The second kappa shape index (κ2) is 6.71. The fourth-order valence-corrected chi connectivity index (χ4v) is 1.98. The Bertz CT molecular complexity index is 696. The molecule has 6 heteroatoms. The third kappa shape index (κ3) is 3.60. The number of carbonyl (C=O) groups excluding carboxylic acids is 1. The molecule has 0 fully saturated rings. The van der Waals surface area contributed by atoms with Crippen molar-refractivity contribution in [3.8, 4) is 0 Å². The summed E-state index contributed by atoms with van der Waals surface area (Å²) in [5.74, 6) is -0.534. The molecule has 0 bridgehead atoms. The molecule has 0 heterocycles. The van der Waals surface area contributed by atoms with E-state index in [0.29, 0.717) is 6.54 Å². The molecule has 0 radical (unpaired) electrons. The van der Waals surface area contributed by atoms with Crippen molar-refractivity contribution in [2.75, 3.05) is 12.4 Å². The Hall–Kier alpha value is -2.89. The molecule has 2 rings (SSSR count). The number of hydrogen-bond donors (Lipinski definition) is 1. The first kappa shape index (κ1) is 15.5. The van der Waals surface area contributed by atoms with Gasteiger partial charge in [0.1, 0.15) is 5.69 Å². The Morgan fingerprint density at radius 3 is 2.50 bits per heavy atom. The predicted molar refractivity (Wildman–Crippen MR) is 82.9 cm³/mol. The van der Waals surface area contributed by atoms with E-state index in [1.807, 2.05) is 31.2 Å². The van der Waals surface area contributed by atoms with Crippen LogP contribution in [0.5, 0.6) is 0 Å². The van der Waals surface area contributed by atoms with Gasteiger partial charge in [-0.05, 0) is 24.6 Å². The number of anilines is 1. The number of rotatable bonds is 5. The highest BCUT2D eigenvalue weighted by Gasteiger charge is 2.17. The molecule has 0 aliphatic rings. The van der Waals surface area contributed by atoms with Crippen molar-refractivity contribution in [3.05, 3.63) is 69.3 Å². The maximum absolute atomic E-state index is 11.5. The van der Waals surface area contributed by atoms with E-state index in [0.717, 1.165) is 11.1 Å². The van der Waals surface area contributed by atoms with E-state index >= 15 is 0 Å². The predicted octanol–water partition coefficient (Wildman–Crippen LogP) is 3.30. The zero-order valence-electron chi connectivity index (χ0n) is 12.3. The molecule has 2 aromatic carbocycles. The van der Waals surface area contributed by atoms with Crippen LogP contribution < -0.4 is 5.32 Å². The largest absolute Gasteiger partial charge is 0.465 e. The summed E-state index contributed by atoms with van der Waals surface area (Å²) >= 11 is 0. The summed E-state index contributed by atoms with van der Waals surface area (Å²) in [6.07, 6.45) is 0. The number of nitro benzene ring substituents is 1. The van der Waals surface area contributed by atoms with E-state index < -0.39 is 10.9 Å². The lowest BCUT2D eigenvalue weighted by atomic mass is 10.1. The molecule has 0 spiro atoms. The van der Waals surface area contributed by atoms with E-state index in [1.165, 1.54) is 25.3 Å². The normalized spacial score (nSPS) is 10.1. The highest BCUT2D eigenvalue weighted by molar-refractivity contribution is 5.91. The lowest BCUT2D eigenvalue weighted by Gasteiger charge is -2.09. The smallest absolute Gasteiger partial charge is 0.337 e. The minimum absolute atomic E-state index is 0.0836. The van der Waals surface area contributed by atoms with Crippen molar-refractivity contribution in [1.82, 2.24) is 0 Å². The average molecular weight is 300 g/mol. The molecule has 0 saturated carbocycles. The second-order valence-corrected chi connectivity index (χ2v) is 4.82. The molecule has 1 N–H and O–H groups in total. The first-order valence-corrected chi connectivity index (χ1v) is 6.67. The van der Waals surface area contributed by atoms with E-state index in [-0.39, 0.29) is 16.9 Å². The maximum Gasteiger partial charge on any atom is 0.337 e. The summed E-state index contributed by atoms with van der Waals surface area (Å²) in [6.45, 7) is 2.41. The molecule has 22 heavy (non-hydrogen) atoms. The summed E-state index contributed by atoms with van der Waals surface area (Å²) in [5.41, 5.74) is 2.60. The van der Waals surface area contributed by atoms with Crippen LogP contribution in [0, 0.1) is 17.0 Å². The number of aryl methyl sites for hydroxylation is 1. The van der Waals surface area contributed by atoms with Crippen LogP contribution in [0.15, 0.2) is 42.5 Å². The average Bonchev–Trinajstić information content (AvgIpc) is 2.53. The minimum Gasteiger partial charge on any atom is -0.465 e. The molecule has 6 nitrogen and oxygen atoms in total.